The predicted molar refractivity (Wildman–Crippen MR) is 65.2 cm³/mol. The van der Waals surface area contributed by atoms with E-state index in [1.165, 1.54) is 5.56 Å². The van der Waals surface area contributed by atoms with Crippen LogP contribution in [0.2, 0.25) is 0 Å². The predicted octanol–water partition coefficient (Wildman–Crippen LogP) is 1.26. The molecule has 1 heterocycles. The highest BCUT2D eigenvalue weighted by atomic mass is 16.5. The van der Waals surface area contributed by atoms with E-state index in [2.05, 4.69) is 36.2 Å². The molecule has 2 N–H and O–H groups in total. The fourth-order valence-electron chi connectivity index (χ4n) is 2.27. The van der Waals surface area contributed by atoms with Crippen molar-refractivity contribution in [2.75, 3.05) is 33.3 Å². The van der Waals surface area contributed by atoms with E-state index in [1.807, 2.05) is 6.07 Å². The maximum atomic E-state index is 5.94. The van der Waals surface area contributed by atoms with Gasteiger partial charge in [-0.15, -0.1) is 0 Å². The third kappa shape index (κ3) is 2.61. The minimum atomic E-state index is 0.149. The Balaban J connectivity index is 2.17. The molecule has 16 heavy (non-hydrogen) atoms. The SMILES string of the molecule is CN1CCOC(c2ccccc2)[C@@H](CN)C1. The topological polar surface area (TPSA) is 38.5 Å². The van der Waals surface area contributed by atoms with Crippen molar-refractivity contribution in [2.45, 2.75) is 6.10 Å². The normalized spacial score (nSPS) is 27.6. The van der Waals surface area contributed by atoms with Crippen molar-refractivity contribution in [1.82, 2.24) is 4.90 Å². The molecule has 0 saturated carbocycles. The lowest BCUT2D eigenvalue weighted by Crippen LogP contribution is -2.31. The van der Waals surface area contributed by atoms with E-state index >= 15 is 0 Å². The lowest BCUT2D eigenvalue weighted by Gasteiger charge is -2.25. The summed E-state index contributed by atoms with van der Waals surface area (Å²) in [5, 5.41) is 0. The Morgan fingerprint density at radius 1 is 1.38 bits per heavy atom. The Hall–Kier alpha value is -0.900. The lowest BCUT2D eigenvalue weighted by molar-refractivity contribution is 0.0331. The maximum Gasteiger partial charge on any atom is 0.0878 e. The summed E-state index contributed by atoms with van der Waals surface area (Å²) in [5.41, 5.74) is 7.10. The van der Waals surface area contributed by atoms with Crippen molar-refractivity contribution >= 4 is 0 Å². The molecule has 3 heteroatoms. The smallest absolute Gasteiger partial charge is 0.0878 e. The van der Waals surface area contributed by atoms with Crippen LogP contribution in [-0.4, -0.2) is 38.2 Å². The first-order valence-corrected chi connectivity index (χ1v) is 5.86. The van der Waals surface area contributed by atoms with Gasteiger partial charge >= 0.3 is 0 Å². The second-order valence-electron chi connectivity index (χ2n) is 4.46. The van der Waals surface area contributed by atoms with Gasteiger partial charge in [0.25, 0.3) is 0 Å². The van der Waals surface area contributed by atoms with Gasteiger partial charge in [-0.25, -0.2) is 0 Å². The largest absolute Gasteiger partial charge is 0.372 e. The molecule has 3 nitrogen and oxygen atoms in total. The minimum Gasteiger partial charge on any atom is -0.372 e. The van der Waals surface area contributed by atoms with Crippen molar-refractivity contribution in [3.8, 4) is 0 Å². The molecule has 88 valence electrons. The van der Waals surface area contributed by atoms with Crippen LogP contribution in [0.25, 0.3) is 0 Å². The lowest BCUT2D eigenvalue weighted by atomic mass is 9.95. The number of benzene rings is 1. The second-order valence-corrected chi connectivity index (χ2v) is 4.46. The molecule has 2 rings (SSSR count). The fourth-order valence-corrected chi connectivity index (χ4v) is 2.27. The molecule has 1 fully saturated rings. The van der Waals surface area contributed by atoms with Gasteiger partial charge in [-0.1, -0.05) is 30.3 Å². The van der Waals surface area contributed by atoms with Gasteiger partial charge < -0.3 is 15.4 Å². The number of likely N-dealkylation sites (N-methyl/N-ethyl adjacent to an activating group) is 1. The molecule has 0 spiro atoms. The zero-order valence-electron chi connectivity index (χ0n) is 9.80. The van der Waals surface area contributed by atoms with E-state index in [4.69, 9.17) is 10.5 Å². The molecule has 1 aliphatic rings. The average molecular weight is 220 g/mol. The molecule has 1 saturated heterocycles. The van der Waals surface area contributed by atoms with Crippen molar-refractivity contribution in [3.05, 3.63) is 35.9 Å². The molecular formula is C13H20N2O. The Labute approximate surface area is 97.2 Å². The van der Waals surface area contributed by atoms with Gasteiger partial charge in [0, 0.05) is 19.0 Å². The molecule has 0 aliphatic carbocycles. The van der Waals surface area contributed by atoms with Crippen LogP contribution in [0.5, 0.6) is 0 Å². The quantitative estimate of drug-likeness (QED) is 0.815. The van der Waals surface area contributed by atoms with Gasteiger partial charge in [0.2, 0.25) is 0 Å². The molecule has 0 amide bonds. The summed E-state index contributed by atoms with van der Waals surface area (Å²) in [7, 11) is 2.12. The summed E-state index contributed by atoms with van der Waals surface area (Å²) >= 11 is 0. The zero-order chi connectivity index (χ0) is 11.4. The summed E-state index contributed by atoms with van der Waals surface area (Å²) in [4.78, 5) is 2.29. The summed E-state index contributed by atoms with van der Waals surface area (Å²) in [5.74, 6) is 0.384. The van der Waals surface area contributed by atoms with Crippen molar-refractivity contribution < 1.29 is 4.74 Å². The van der Waals surface area contributed by atoms with Crippen LogP contribution in [0.1, 0.15) is 11.7 Å². The monoisotopic (exact) mass is 220 g/mol. The van der Waals surface area contributed by atoms with Gasteiger partial charge in [0.15, 0.2) is 0 Å². The van der Waals surface area contributed by atoms with Crippen molar-refractivity contribution in [3.63, 3.8) is 0 Å². The molecular weight excluding hydrogens is 200 g/mol. The minimum absolute atomic E-state index is 0.149. The first-order valence-electron chi connectivity index (χ1n) is 5.86. The van der Waals surface area contributed by atoms with E-state index in [0.29, 0.717) is 12.5 Å². The number of hydrogen-bond acceptors (Lipinski definition) is 3. The molecule has 0 bridgehead atoms. The third-order valence-electron chi connectivity index (χ3n) is 3.18. The number of rotatable bonds is 2. The standard InChI is InChI=1S/C13H20N2O/c1-15-7-8-16-13(12(9-14)10-15)11-5-3-2-4-6-11/h2-6,12-13H,7-10,14H2,1H3/t12-,13?/m0/s1. The molecule has 0 aromatic heterocycles. The highest BCUT2D eigenvalue weighted by Gasteiger charge is 2.26. The third-order valence-corrected chi connectivity index (χ3v) is 3.18. The fraction of sp³-hybridized carbons (Fsp3) is 0.538. The first-order chi connectivity index (χ1) is 7.81. The Morgan fingerprint density at radius 2 is 2.12 bits per heavy atom. The first kappa shape index (κ1) is 11.6. The van der Waals surface area contributed by atoms with E-state index in [9.17, 15) is 0 Å². The van der Waals surface area contributed by atoms with E-state index in [-0.39, 0.29) is 6.10 Å². The van der Waals surface area contributed by atoms with Crippen molar-refractivity contribution in [2.24, 2.45) is 11.7 Å². The Bertz CT molecular complexity index is 315. The second kappa shape index (κ2) is 5.43. The zero-order valence-corrected chi connectivity index (χ0v) is 9.80. The molecule has 1 unspecified atom stereocenters. The van der Waals surface area contributed by atoms with Crippen LogP contribution >= 0.6 is 0 Å². The van der Waals surface area contributed by atoms with Gasteiger partial charge in [-0.3, -0.25) is 0 Å². The summed E-state index contributed by atoms with van der Waals surface area (Å²) in [6.45, 7) is 3.45. The molecule has 0 radical (unpaired) electrons. The van der Waals surface area contributed by atoms with Crippen LogP contribution in [0.4, 0.5) is 0 Å². The molecule has 1 aliphatic heterocycles. The van der Waals surface area contributed by atoms with Crippen LogP contribution in [-0.2, 0) is 4.74 Å². The van der Waals surface area contributed by atoms with Gasteiger partial charge in [0.05, 0.1) is 12.7 Å². The van der Waals surface area contributed by atoms with Crippen LogP contribution in [0.15, 0.2) is 30.3 Å². The van der Waals surface area contributed by atoms with E-state index < -0.39 is 0 Å². The number of hydrogen-bond donors (Lipinski definition) is 1. The molecule has 1 aromatic carbocycles. The van der Waals surface area contributed by atoms with Crippen LogP contribution < -0.4 is 5.73 Å². The Kier molecular flexibility index (Phi) is 3.93. The molecule has 1 aromatic rings. The number of nitrogens with two attached hydrogens (primary N) is 1. The van der Waals surface area contributed by atoms with Crippen molar-refractivity contribution in [1.29, 1.82) is 0 Å². The summed E-state index contributed by atoms with van der Waals surface area (Å²) in [6, 6.07) is 10.4. The van der Waals surface area contributed by atoms with E-state index in [1.54, 1.807) is 0 Å². The van der Waals surface area contributed by atoms with Crippen LogP contribution in [0, 0.1) is 5.92 Å². The summed E-state index contributed by atoms with van der Waals surface area (Å²) in [6.07, 6.45) is 0.149. The molecule has 2 atom stereocenters. The van der Waals surface area contributed by atoms with E-state index in [0.717, 1.165) is 19.7 Å². The van der Waals surface area contributed by atoms with Gasteiger partial charge in [-0.2, -0.15) is 0 Å². The Morgan fingerprint density at radius 3 is 2.81 bits per heavy atom. The highest BCUT2D eigenvalue weighted by molar-refractivity contribution is 5.18. The summed E-state index contributed by atoms with van der Waals surface area (Å²) < 4.78 is 5.94. The number of ether oxygens (including phenoxy) is 1. The number of nitrogens with zero attached hydrogens (tertiary/aromatic N) is 1. The maximum absolute atomic E-state index is 5.94. The van der Waals surface area contributed by atoms with Gasteiger partial charge in [0.1, 0.15) is 0 Å². The van der Waals surface area contributed by atoms with Crippen LogP contribution in [0.3, 0.4) is 0 Å². The highest BCUT2D eigenvalue weighted by Crippen LogP contribution is 2.27. The van der Waals surface area contributed by atoms with Gasteiger partial charge in [-0.05, 0) is 19.2 Å². The average Bonchev–Trinajstić information content (AvgIpc) is 2.51.